The molecule has 2 unspecified atom stereocenters. The number of carbonyl (C=O) groups excluding carboxylic acids is 1. The lowest BCUT2D eigenvalue weighted by atomic mass is 9.67. The summed E-state index contributed by atoms with van der Waals surface area (Å²) in [6.07, 6.45) is 4.70. The third-order valence-corrected chi connectivity index (χ3v) is 4.32. The Morgan fingerprint density at radius 1 is 1.40 bits per heavy atom. The Bertz CT molecular complexity index is 494. The third-order valence-electron chi connectivity index (χ3n) is 4.32. The van der Waals surface area contributed by atoms with Crippen molar-refractivity contribution >= 4 is 6.03 Å². The van der Waals surface area contributed by atoms with Gasteiger partial charge in [0.2, 0.25) is 0 Å². The molecule has 2 atom stereocenters. The summed E-state index contributed by atoms with van der Waals surface area (Å²) >= 11 is 0. The highest BCUT2D eigenvalue weighted by atomic mass is 16.2. The van der Waals surface area contributed by atoms with Crippen LogP contribution in [-0.4, -0.2) is 34.4 Å². The van der Waals surface area contributed by atoms with Crippen LogP contribution in [0.5, 0.6) is 0 Å². The summed E-state index contributed by atoms with van der Waals surface area (Å²) in [4.78, 5) is 12.3. The van der Waals surface area contributed by atoms with Crippen LogP contribution in [0.15, 0.2) is 12.3 Å². The van der Waals surface area contributed by atoms with E-state index >= 15 is 0 Å². The van der Waals surface area contributed by atoms with Gasteiger partial charge in [-0.2, -0.15) is 9.78 Å². The molecule has 1 aromatic heterocycles. The van der Waals surface area contributed by atoms with Crippen molar-refractivity contribution in [1.82, 2.24) is 20.4 Å². The van der Waals surface area contributed by atoms with E-state index in [4.69, 9.17) is 0 Å². The first-order valence-corrected chi connectivity index (χ1v) is 7.25. The maximum Gasteiger partial charge on any atom is 0.342 e. The van der Waals surface area contributed by atoms with Gasteiger partial charge in [-0.15, -0.1) is 0 Å². The smallest absolute Gasteiger partial charge is 0.333 e. The largest absolute Gasteiger partial charge is 0.342 e. The van der Waals surface area contributed by atoms with E-state index in [-0.39, 0.29) is 23.0 Å². The molecule has 0 bridgehead atoms. The molecule has 1 heterocycles. The molecule has 0 saturated heterocycles. The molecule has 1 fully saturated rings. The van der Waals surface area contributed by atoms with Crippen LogP contribution in [0.1, 0.15) is 45.7 Å². The molecule has 112 valence electrons. The zero-order valence-electron chi connectivity index (χ0n) is 13.2. The standard InChI is InChI=1S/C15H26N4O/c1-11-6-7-17-19(11)13(20)18-12-8-14(2,3)10-15(4,9-12)16-5/h6-7,12,16H,8-10H2,1-5H3,(H,18,20). The molecule has 1 aliphatic carbocycles. The van der Waals surface area contributed by atoms with E-state index in [1.165, 1.54) is 4.68 Å². The minimum absolute atomic E-state index is 0.0683. The van der Waals surface area contributed by atoms with Gasteiger partial charge in [0, 0.05) is 23.5 Å². The van der Waals surface area contributed by atoms with Crippen LogP contribution in [0.25, 0.3) is 0 Å². The molecule has 2 rings (SSSR count). The van der Waals surface area contributed by atoms with E-state index in [1.54, 1.807) is 6.20 Å². The van der Waals surface area contributed by atoms with Crippen molar-refractivity contribution in [2.45, 2.75) is 58.5 Å². The van der Waals surface area contributed by atoms with Crippen molar-refractivity contribution in [2.24, 2.45) is 5.41 Å². The number of nitrogens with zero attached hydrogens (tertiary/aromatic N) is 2. The Morgan fingerprint density at radius 3 is 2.65 bits per heavy atom. The Labute approximate surface area is 121 Å². The van der Waals surface area contributed by atoms with Crippen molar-refractivity contribution in [3.63, 3.8) is 0 Å². The molecule has 0 aromatic carbocycles. The van der Waals surface area contributed by atoms with E-state index in [9.17, 15) is 4.79 Å². The number of hydrogen-bond donors (Lipinski definition) is 2. The van der Waals surface area contributed by atoms with Gasteiger partial charge >= 0.3 is 6.03 Å². The normalized spacial score (nSPS) is 29.1. The van der Waals surface area contributed by atoms with Gasteiger partial charge in [0.05, 0.1) is 0 Å². The van der Waals surface area contributed by atoms with E-state index in [1.807, 2.05) is 20.0 Å². The maximum atomic E-state index is 12.3. The lowest BCUT2D eigenvalue weighted by molar-refractivity contribution is 0.110. The number of aromatic nitrogens is 2. The molecule has 2 N–H and O–H groups in total. The predicted molar refractivity (Wildman–Crippen MR) is 79.8 cm³/mol. The monoisotopic (exact) mass is 278 g/mol. The Hall–Kier alpha value is -1.36. The molecular weight excluding hydrogens is 252 g/mol. The molecule has 5 nitrogen and oxygen atoms in total. The van der Waals surface area contributed by atoms with Crippen molar-refractivity contribution in [1.29, 1.82) is 0 Å². The first kappa shape index (κ1) is 15.0. The zero-order valence-corrected chi connectivity index (χ0v) is 13.2. The fourth-order valence-electron chi connectivity index (χ4n) is 3.59. The Kier molecular flexibility index (Phi) is 3.91. The molecule has 1 amide bonds. The fraction of sp³-hybridized carbons (Fsp3) is 0.733. The van der Waals surface area contributed by atoms with Crippen LogP contribution in [0, 0.1) is 12.3 Å². The quantitative estimate of drug-likeness (QED) is 0.872. The molecule has 20 heavy (non-hydrogen) atoms. The van der Waals surface area contributed by atoms with Crippen LogP contribution < -0.4 is 10.6 Å². The second-order valence-corrected chi connectivity index (χ2v) is 7.09. The van der Waals surface area contributed by atoms with E-state index in [2.05, 4.69) is 36.5 Å². The van der Waals surface area contributed by atoms with Crippen LogP contribution in [-0.2, 0) is 0 Å². The lowest BCUT2D eigenvalue weighted by Crippen LogP contribution is -2.55. The Morgan fingerprint density at radius 2 is 2.10 bits per heavy atom. The Balaban J connectivity index is 2.09. The van der Waals surface area contributed by atoms with E-state index in [0.717, 1.165) is 25.0 Å². The van der Waals surface area contributed by atoms with Crippen molar-refractivity contribution in [2.75, 3.05) is 7.05 Å². The van der Waals surface area contributed by atoms with E-state index in [0.29, 0.717) is 0 Å². The summed E-state index contributed by atoms with van der Waals surface area (Å²) in [5, 5.41) is 10.6. The number of aryl methyl sites for hydroxylation is 1. The van der Waals surface area contributed by atoms with Gasteiger partial charge in [-0.3, -0.25) is 0 Å². The second kappa shape index (κ2) is 5.20. The van der Waals surface area contributed by atoms with Crippen LogP contribution in [0.4, 0.5) is 4.79 Å². The molecule has 1 saturated carbocycles. The first-order chi connectivity index (χ1) is 9.25. The average molecular weight is 278 g/mol. The average Bonchev–Trinajstić information content (AvgIpc) is 2.73. The minimum Gasteiger partial charge on any atom is -0.333 e. The van der Waals surface area contributed by atoms with Gasteiger partial charge in [0.1, 0.15) is 0 Å². The maximum absolute atomic E-state index is 12.3. The number of rotatable bonds is 2. The number of nitrogens with one attached hydrogen (secondary N) is 2. The third kappa shape index (κ3) is 3.20. The van der Waals surface area contributed by atoms with Gasteiger partial charge in [0.15, 0.2) is 0 Å². The second-order valence-electron chi connectivity index (χ2n) is 7.09. The van der Waals surface area contributed by atoms with Crippen molar-refractivity contribution in [3.05, 3.63) is 18.0 Å². The lowest BCUT2D eigenvalue weighted by Gasteiger charge is -2.46. The summed E-state index contributed by atoms with van der Waals surface area (Å²) in [7, 11) is 2.00. The summed E-state index contributed by atoms with van der Waals surface area (Å²) in [6.45, 7) is 8.64. The van der Waals surface area contributed by atoms with Crippen molar-refractivity contribution < 1.29 is 4.79 Å². The summed E-state index contributed by atoms with van der Waals surface area (Å²) in [6, 6.07) is 1.88. The molecule has 1 aliphatic rings. The van der Waals surface area contributed by atoms with Crippen LogP contribution >= 0.6 is 0 Å². The van der Waals surface area contributed by atoms with Crippen LogP contribution in [0.2, 0.25) is 0 Å². The number of hydrogen-bond acceptors (Lipinski definition) is 3. The fourth-order valence-corrected chi connectivity index (χ4v) is 3.59. The number of amides is 1. The molecule has 0 spiro atoms. The summed E-state index contributed by atoms with van der Waals surface area (Å²) in [5.41, 5.74) is 1.14. The predicted octanol–water partition coefficient (Wildman–Crippen LogP) is 2.31. The van der Waals surface area contributed by atoms with E-state index < -0.39 is 0 Å². The highest BCUT2D eigenvalue weighted by Gasteiger charge is 2.40. The molecule has 5 heteroatoms. The topological polar surface area (TPSA) is 58.9 Å². The van der Waals surface area contributed by atoms with Crippen molar-refractivity contribution in [3.8, 4) is 0 Å². The van der Waals surface area contributed by atoms with Gasteiger partial charge in [-0.1, -0.05) is 13.8 Å². The molecule has 0 radical (unpaired) electrons. The molecular formula is C15H26N4O. The molecule has 0 aliphatic heterocycles. The highest BCUT2D eigenvalue weighted by molar-refractivity contribution is 5.76. The summed E-state index contributed by atoms with van der Waals surface area (Å²) < 4.78 is 1.43. The van der Waals surface area contributed by atoms with Crippen LogP contribution in [0.3, 0.4) is 0 Å². The minimum atomic E-state index is -0.131. The molecule has 1 aromatic rings. The highest BCUT2D eigenvalue weighted by Crippen LogP contribution is 2.40. The zero-order chi connectivity index (χ0) is 15.0. The van der Waals surface area contributed by atoms with Gasteiger partial charge in [-0.25, -0.2) is 4.79 Å². The SMILES string of the molecule is CNC1(C)CC(NC(=O)n2nccc2C)CC(C)(C)C1. The first-order valence-electron chi connectivity index (χ1n) is 7.25. The summed E-state index contributed by atoms with van der Waals surface area (Å²) in [5.74, 6) is 0. The van der Waals surface area contributed by atoms with Gasteiger partial charge in [0.25, 0.3) is 0 Å². The van der Waals surface area contributed by atoms with Gasteiger partial charge < -0.3 is 10.6 Å². The van der Waals surface area contributed by atoms with Gasteiger partial charge in [-0.05, 0) is 51.6 Å². The number of carbonyl (C=O) groups is 1.